The molecular weight excluding hydrogens is 441 g/mol. The molecule has 1 saturated heterocycles. The van der Waals surface area contributed by atoms with Crippen molar-refractivity contribution >= 4 is 34.9 Å². The van der Waals surface area contributed by atoms with Crippen molar-refractivity contribution in [3.8, 4) is 0 Å². The zero-order valence-electron chi connectivity index (χ0n) is 19.0. The van der Waals surface area contributed by atoms with Gasteiger partial charge < -0.3 is 4.90 Å². The molecule has 0 N–H and O–H groups in total. The fourth-order valence-corrected chi connectivity index (χ4v) is 5.38. The average molecular weight is 472 g/mol. The van der Waals surface area contributed by atoms with E-state index in [1.165, 1.54) is 0 Å². The molecule has 170 valence electrons. The van der Waals surface area contributed by atoms with E-state index in [1.54, 1.807) is 6.92 Å². The smallest absolute Gasteiger partial charge is 0.229 e. The molecule has 3 nitrogen and oxygen atoms in total. The lowest BCUT2D eigenvalue weighted by Crippen LogP contribution is -2.55. The highest BCUT2D eigenvalue weighted by Crippen LogP contribution is 2.52. The van der Waals surface area contributed by atoms with Gasteiger partial charge in [-0.3, -0.25) is 9.59 Å². The van der Waals surface area contributed by atoms with Crippen LogP contribution in [0.2, 0.25) is 10.0 Å². The van der Waals surface area contributed by atoms with E-state index in [2.05, 4.69) is 12.6 Å². The van der Waals surface area contributed by atoms with Crippen LogP contribution in [0.1, 0.15) is 69.5 Å². The van der Waals surface area contributed by atoms with Crippen molar-refractivity contribution in [1.82, 2.24) is 4.90 Å². The van der Waals surface area contributed by atoms with Gasteiger partial charge in [0.25, 0.3) is 0 Å². The molecule has 1 fully saturated rings. The maximum atomic E-state index is 14.0. The van der Waals surface area contributed by atoms with Gasteiger partial charge in [0.1, 0.15) is 5.78 Å². The average Bonchev–Trinajstić information content (AvgIpc) is 2.75. The van der Waals surface area contributed by atoms with Crippen molar-refractivity contribution in [3.05, 3.63) is 82.4 Å². The van der Waals surface area contributed by atoms with Crippen molar-refractivity contribution in [1.29, 1.82) is 0 Å². The zero-order valence-corrected chi connectivity index (χ0v) is 20.5. The van der Waals surface area contributed by atoms with Crippen LogP contribution >= 0.6 is 23.2 Å². The molecule has 0 radical (unpaired) electrons. The number of halogens is 2. The Morgan fingerprint density at radius 2 is 1.88 bits per heavy atom. The third-order valence-corrected chi connectivity index (χ3v) is 7.06. The maximum absolute atomic E-state index is 14.0. The molecule has 5 heteroatoms. The number of nitrogens with zero attached hydrogens (tertiary/aromatic N) is 1. The van der Waals surface area contributed by atoms with Gasteiger partial charge in [0.05, 0.1) is 11.5 Å². The molecule has 1 amide bonds. The Bertz CT molecular complexity index is 987. The first-order valence-electron chi connectivity index (χ1n) is 11.1. The second kappa shape index (κ2) is 10.2. The van der Waals surface area contributed by atoms with E-state index < -0.39 is 5.41 Å². The van der Waals surface area contributed by atoms with Crippen LogP contribution in [0.5, 0.6) is 0 Å². The van der Waals surface area contributed by atoms with Crippen LogP contribution in [0, 0.1) is 5.41 Å². The molecule has 1 heterocycles. The lowest BCUT2D eigenvalue weighted by atomic mass is 9.67. The number of ketones is 1. The van der Waals surface area contributed by atoms with Crippen molar-refractivity contribution in [2.24, 2.45) is 5.41 Å². The summed E-state index contributed by atoms with van der Waals surface area (Å²) in [5, 5.41) is 1.32. The molecule has 0 aromatic heterocycles. The number of carbonyl (C=O) groups is 2. The fraction of sp³-hybridized carbons (Fsp3) is 0.407. The minimum Gasteiger partial charge on any atom is -0.331 e. The van der Waals surface area contributed by atoms with Crippen LogP contribution in [-0.4, -0.2) is 22.6 Å². The van der Waals surface area contributed by atoms with E-state index in [1.807, 2.05) is 67.3 Å². The molecule has 0 bridgehead atoms. The Hall–Kier alpha value is -2.10. The number of carbonyl (C=O) groups excluding carboxylic acids is 2. The summed E-state index contributed by atoms with van der Waals surface area (Å²) in [6.45, 7) is 9.55. The number of Topliss-reactive ketones (excluding diaryl/α,β-unsaturated/α-hetero) is 1. The zero-order chi connectivity index (χ0) is 23.5. The Morgan fingerprint density at radius 3 is 2.44 bits per heavy atom. The van der Waals surface area contributed by atoms with Gasteiger partial charge in [-0.25, -0.2) is 0 Å². The lowest BCUT2D eigenvalue weighted by Gasteiger charge is -2.52. The molecule has 2 unspecified atom stereocenters. The quantitative estimate of drug-likeness (QED) is 0.376. The molecule has 1 aliphatic rings. The standard InChI is InChI=1S/C27H31Cl2NO2/c1-5-14-27(4)17-24(20-8-7-9-22(29)16-20)25(19-10-12-21(28)13-11-19)30(26(27)32)23(6-2)15-18(3)31/h5,7-13,16,23-25H,1,6,14-15,17H2,2-4H3/t23?,24?,25-,27+/m1/s1. The molecular formula is C27H31Cl2NO2. The summed E-state index contributed by atoms with van der Waals surface area (Å²) in [5.41, 5.74) is 1.49. The summed E-state index contributed by atoms with van der Waals surface area (Å²) in [4.78, 5) is 28.1. The number of hydrogen-bond acceptors (Lipinski definition) is 2. The van der Waals surface area contributed by atoms with Gasteiger partial charge in [-0.05, 0) is 61.6 Å². The van der Waals surface area contributed by atoms with Crippen LogP contribution in [0.4, 0.5) is 0 Å². The fourth-order valence-electron chi connectivity index (χ4n) is 5.06. The first-order chi connectivity index (χ1) is 15.2. The van der Waals surface area contributed by atoms with Crippen molar-refractivity contribution in [2.75, 3.05) is 0 Å². The third-order valence-electron chi connectivity index (χ3n) is 6.57. The van der Waals surface area contributed by atoms with Crippen LogP contribution in [0.25, 0.3) is 0 Å². The second-order valence-corrected chi connectivity index (χ2v) is 9.97. The van der Waals surface area contributed by atoms with Crippen molar-refractivity contribution in [3.63, 3.8) is 0 Å². The summed E-state index contributed by atoms with van der Waals surface area (Å²) in [6.07, 6.45) is 4.09. The normalized spacial score (nSPS) is 24.3. The van der Waals surface area contributed by atoms with Gasteiger partial charge in [-0.1, -0.05) is 67.4 Å². The summed E-state index contributed by atoms with van der Waals surface area (Å²) in [6, 6.07) is 15.2. The van der Waals surface area contributed by atoms with Gasteiger partial charge in [-0.15, -0.1) is 6.58 Å². The van der Waals surface area contributed by atoms with E-state index in [4.69, 9.17) is 23.2 Å². The predicted octanol–water partition coefficient (Wildman–Crippen LogP) is 7.39. The molecule has 2 aromatic rings. The Labute approximate surface area is 201 Å². The van der Waals surface area contributed by atoms with Crippen LogP contribution in [-0.2, 0) is 9.59 Å². The summed E-state index contributed by atoms with van der Waals surface area (Å²) < 4.78 is 0. The van der Waals surface area contributed by atoms with E-state index in [-0.39, 0.29) is 29.7 Å². The highest BCUT2D eigenvalue weighted by molar-refractivity contribution is 6.30. The highest BCUT2D eigenvalue weighted by Gasteiger charge is 2.50. The van der Waals surface area contributed by atoms with Crippen LogP contribution < -0.4 is 0 Å². The number of rotatable bonds is 8. The molecule has 1 aliphatic heterocycles. The SMILES string of the molecule is C=CC[C@@]1(C)CC(c2cccc(Cl)c2)[C@@H](c2ccc(Cl)cc2)N(C(CC)CC(C)=O)C1=O. The molecule has 0 aliphatic carbocycles. The van der Waals surface area contributed by atoms with E-state index in [0.717, 1.165) is 11.1 Å². The minimum atomic E-state index is -0.609. The van der Waals surface area contributed by atoms with Crippen molar-refractivity contribution in [2.45, 2.75) is 64.5 Å². The molecule has 2 aromatic carbocycles. The molecule has 0 saturated carbocycles. The number of hydrogen-bond donors (Lipinski definition) is 0. The monoisotopic (exact) mass is 471 g/mol. The van der Waals surface area contributed by atoms with Gasteiger partial charge in [-0.2, -0.15) is 0 Å². The predicted molar refractivity (Wildman–Crippen MR) is 132 cm³/mol. The van der Waals surface area contributed by atoms with Gasteiger partial charge in [0.15, 0.2) is 0 Å². The summed E-state index contributed by atoms with van der Waals surface area (Å²) >= 11 is 12.6. The first-order valence-corrected chi connectivity index (χ1v) is 11.9. The number of allylic oxidation sites excluding steroid dienone is 1. The number of amides is 1. The lowest BCUT2D eigenvalue weighted by molar-refractivity contribution is -0.155. The van der Waals surface area contributed by atoms with E-state index >= 15 is 0 Å². The largest absolute Gasteiger partial charge is 0.331 e. The Morgan fingerprint density at radius 1 is 1.19 bits per heavy atom. The Balaban J connectivity index is 2.23. The summed E-state index contributed by atoms with van der Waals surface area (Å²) in [7, 11) is 0. The van der Waals surface area contributed by atoms with Gasteiger partial charge in [0, 0.05) is 28.4 Å². The molecule has 3 rings (SSSR count). The Kier molecular flexibility index (Phi) is 7.84. The number of piperidine rings is 1. The maximum Gasteiger partial charge on any atom is 0.229 e. The van der Waals surface area contributed by atoms with E-state index in [0.29, 0.717) is 35.7 Å². The number of likely N-dealkylation sites (tertiary alicyclic amines) is 1. The molecule has 0 spiro atoms. The van der Waals surface area contributed by atoms with Gasteiger partial charge in [0.2, 0.25) is 5.91 Å². The van der Waals surface area contributed by atoms with E-state index in [9.17, 15) is 9.59 Å². The first kappa shape index (κ1) is 24.5. The number of benzene rings is 2. The molecule has 4 atom stereocenters. The highest BCUT2D eigenvalue weighted by atomic mass is 35.5. The molecule has 32 heavy (non-hydrogen) atoms. The second-order valence-electron chi connectivity index (χ2n) is 9.10. The van der Waals surface area contributed by atoms with Crippen LogP contribution in [0.15, 0.2) is 61.2 Å². The van der Waals surface area contributed by atoms with Crippen LogP contribution in [0.3, 0.4) is 0 Å². The minimum absolute atomic E-state index is 0.0125. The topological polar surface area (TPSA) is 37.4 Å². The summed E-state index contributed by atoms with van der Waals surface area (Å²) in [5.74, 6) is 0.164. The third kappa shape index (κ3) is 5.10. The van der Waals surface area contributed by atoms with Gasteiger partial charge >= 0.3 is 0 Å². The van der Waals surface area contributed by atoms with Crippen molar-refractivity contribution < 1.29 is 9.59 Å².